The number of piperidine rings is 1. The summed E-state index contributed by atoms with van der Waals surface area (Å²) in [4.78, 5) is 13.3. The lowest BCUT2D eigenvalue weighted by Gasteiger charge is -2.56. The number of nitriles is 1. The molecule has 1 saturated carbocycles. The fourth-order valence-corrected chi connectivity index (χ4v) is 7.16. The summed E-state index contributed by atoms with van der Waals surface area (Å²) in [6.07, 6.45) is 12.3. The van der Waals surface area contributed by atoms with Gasteiger partial charge in [-0.2, -0.15) is 10.4 Å². The second-order valence-corrected chi connectivity index (χ2v) is 11.9. The lowest BCUT2D eigenvalue weighted by Crippen LogP contribution is -2.64. The van der Waals surface area contributed by atoms with Crippen LogP contribution in [0.15, 0.2) is 61.6 Å². The predicted molar refractivity (Wildman–Crippen MR) is 161 cm³/mol. The van der Waals surface area contributed by atoms with Gasteiger partial charge in [-0.05, 0) is 49.9 Å². The van der Waals surface area contributed by atoms with E-state index >= 15 is 0 Å². The molecule has 0 radical (unpaired) electrons. The summed E-state index contributed by atoms with van der Waals surface area (Å²) in [6.45, 7) is 6.23. The van der Waals surface area contributed by atoms with E-state index in [-0.39, 0.29) is 17.0 Å². The summed E-state index contributed by atoms with van der Waals surface area (Å²) in [6, 6.07) is 13.2. The molecular formula is C32H38N8. The molecule has 4 heterocycles. The third kappa shape index (κ3) is 4.12. The number of allylic oxidation sites excluding steroid dienone is 1. The molecule has 0 bridgehead atoms. The highest BCUT2D eigenvalue weighted by atomic mass is 15.2. The van der Waals surface area contributed by atoms with E-state index in [0.29, 0.717) is 6.42 Å². The normalized spacial score (nSPS) is 22.5. The van der Waals surface area contributed by atoms with Crippen LogP contribution in [0, 0.1) is 11.3 Å². The molecule has 3 N–H and O–H groups in total. The van der Waals surface area contributed by atoms with Crippen LogP contribution in [0.5, 0.6) is 0 Å². The Morgan fingerprint density at radius 2 is 1.90 bits per heavy atom. The van der Waals surface area contributed by atoms with Crippen LogP contribution in [0.4, 0.5) is 5.69 Å². The largest absolute Gasteiger partial charge is 0.376 e. The number of aromatic amines is 1. The van der Waals surface area contributed by atoms with E-state index in [1.165, 1.54) is 5.56 Å². The van der Waals surface area contributed by atoms with Crippen LogP contribution >= 0.6 is 0 Å². The van der Waals surface area contributed by atoms with Gasteiger partial charge in [0.15, 0.2) is 0 Å². The first-order chi connectivity index (χ1) is 19.3. The Morgan fingerprint density at radius 1 is 1.18 bits per heavy atom. The molecule has 1 saturated heterocycles. The molecule has 8 heteroatoms. The SMILES string of the molecule is C=CC1(c2c(N(C)C)cnc3[nH]c(-c4cnn(C)c4)c(-c4ccccc4)c23)CCN(C2(CC#N)CC(N)C2)CC1. The van der Waals surface area contributed by atoms with Crippen molar-refractivity contribution in [2.75, 3.05) is 32.1 Å². The number of aromatic nitrogens is 4. The van der Waals surface area contributed by atoms with Crippen molar-refractivity contribution in [3.05, 3.63) is 67.1 Å². The molecule has 4 aromatic rings. The smallest absolute Gasteiger partial charge is 0.138 e. The third-order valence-electron chi connectivity index (χ3n) is 9.25. The number of hydrogen-bond acceptors (Lipinski definition) is 6. The Hall–Kier alpha value is -3.93. The van der Waals surface area contributed by atoms with Gasteiger partial charge in [0.1, 0.15) is 5.65 Å². The number of pyridine rings is 1. The summed E-state index contributed by atoms with van der Waals surface area (Å²) in [5, 5.41) is 15.2. The number of fused-ring (bicyclic) bond motifs is 1. The maximum Gasteiger partial charge on any atom is 0.138 e. The topological polar surface area (TPSA) is 103 Å². The predicted octanol–water partition coefficient (Wildman–Crippen LogP) is 4.99. The van der Waals surface area contributed by atoms with Crippen molar-refractivity contribution in [1.29, 1.82) is 5.26 Å². The Labute approximate surface area is 236 Å². The number of nitrogens with one attached hydrogen (secondary N) is 1. The number of anilines is 1. The van der Waals surface area contributed by atoms with Crippen LogP contribution in [-0.2, 0) is 12.5 Å². The number of nitrogens with two attached hydrogens (primary N) is 1. The number of aryl methyl sites for hydroxylation is 1. The lowest BCUT2D eigenvalue weighted by molar-refractivity contribution is -0.0172. The number of benzene rings is 1. The van der Waals surface area contributed by atoms with Crippen molar-refractivity contribution in [3.63, 3.8) is 0 Å². The summed E-state index contributed by atoms with van der Waals surface area (Å²) in [5.41, 5.74) is 13.5. The molecule has 6 rings (SSSR count). The number of nitrogens with zero attached hydrogens (tertiary/aromatic N) is 6. The van der Waals surface area contributed by atoms with Crippen molar-refractivity contribution in [3.8, 4) is 28.5 Å². The van der Waals surface area contributed by atoms with Crippen LogP contribution < -0.4 is 10.6 Å². The molecule has 8 nitrogen and oxygen atoms in total. The van der Waals surface area contributed by atoms with Gasteiger partial charge >= 0.3 is 0 Å². The third-order valence-corrected chi connectivity index (χ3v) is 9.25. The fraction of sp³-hybridized carbons (Fsp3) is 0.406. The van der Waals surface area contributed by atoms with Crippen LogP contribution in [0.2, 0.25) is 0 Å². The van der Waals surface area contributed by atoms with Crippen molar-refractivity contribution >= 4 is 16.7 Å². The van der Waals surface area contributed by atoms with Gasteiger partial charge in [0, 0.05) is 60.8 Å². The molecule has 0 amide bonds. The minimum Gasteiger partial charge on any atom is -0.376 e. The van der Waals surface area contributed by atoms with E-state index in [4.69, 9.17) is 10.7 Å². The van der Waals surface area contributed by atoms with E-state index in [1.807, 2.05) is 30.3 Å². The van der Waals surface area contributed by atoms with Crippen LogP contribution in [0.3, 0.4) is 0 Å². The highest BCUT2D eigenvalue weighted by Gasteiger charge is 2.50. The van der Waals surface area contributed by atoms with Gasteiger partial charge in [0.25, 0.3) is 0 Å². The molecule has 1 aliphatic carbocycles. The number of rotatable bonds is 7. The minimum absolute atomic E-state index is 0.0871. The first kappa shape index (κ1) is 26.3. The van der Waals surface area contributed by atoms with Crippen LogP contribution in [-0.4, -0.2) is 63.4 Å². The van der Waals surface area contributed by atoms with Crippen molar-refractivity contribution < 1.29 is 0 Å². The van der Waals surface area contributed by atoms with E-state index < -0.39 is 0 Å². The molecule has 0 atom stereocenters. The molecule has 2 aliphatic rings. The van der Waals surface area contributed by atoms with Gasteiger partial charge in [-0.1, -0.05) is 36.4 Å². The van der Waals surface area contributed by atoms with Gasteiger partial charge < -0.3 is 15.6 Å². The lowest BCUT2D eigenvalue weighted by atomic mass is 9.66. The van der Waals surface area contributed by atoms with E-state index in [0.717, 1.165) is 77.9 Å². The first-order valence-electron chi connectivity index (χ1n) is 14.1. The van der Waals surface area contributed by atoms with Crippen LogP contribution in [0.25, 0.3) is 33.4 Å². The fourth-order valence-electron chi connectivity index (χ4n) is 7.16. The Bertz CT molecular complexity index is 1570. The van der Waals surface area contributed by atoms with Gasteiger partial charge in [0.2, 0.25) is 0 Å². The number of H-pyrrole nitrogens is 1. The van der Waals surface area contributed by atoms with Gasteiger partial charge in [-0.15, -0.1) is 6.58 Å². The quantitative estimate of drug-likeness (QED) is 0.324. The average Bonchev–Trinajstić information content (AvgIpc) is 3.55. The Balaban J connectivity index is 1.54. The molecule has 3 aromatic heterocycles. The maximum absolute atomic E-state index is 9.61. The maximum atomic E-state index is 9.61. The molecule has 0 spiro atoms. The molecule has 2 fully saturated rings. The standard InChI is InChI=1S/C32H38N8/c1-5-31(12-15-40(16-13-31)32(11-14-33)17-24(34)18-32)28-25(38(2)3)20-35-30-27(28)26(22-9-7-6-8-10-22)29(37-30)23-19-36-39(4)21-23/h5-10,19-21,24H,1,11-13,15-18,34H2,2-4H3,(H,35,37). The second kappa shape index (κ2) is 9.92. The summed E-state index contributed by atoms with van der Waals surface area (Å²) >= 11 is 0. The van der Waals surface area contributed by atoms with Crippen molar-refractivity contribution in [1.82, 2.24) is 24.6 Å². The Kier molecular flexibility index (Phi) is 6.52. The molecular weight excluding hydrogens is 496 g/mol. The molecule has 1 aromatic carbocycles. The molecule has 0 unspecified atom stereocenters. The summed E-state index contributed by atoms with van der Waals surface area (Å²) < 4.78 is 1.83. The molecule has 206 valence electrons. The highest BCUT2D eigenvalue weighted by Crippen LogP contribution is 2.51. The summed E-state index contributed by atoms with van der Waals surface area (Å²) in [7, 11) is 6.12. The zero-order valence-electron chi connectivity index (χ0n) is 23.7. The van der Waals surface area contributed by atoms with Gasteiger partial charge in [-0.3, -0.25) is 9.58 Å². The molecule has 1 aliphatic heterocycles. The first-order valence-corrected chi connectivity index (χ1v) is 14.1. The van der Waals surface area contributed by atoms with Gasteiger partial charge in [0.05, 0.1) is 36.3 Å². The van der Waals surface area contributed by atoms with E-state index in [1.54, 1.807) is 0 Å². The van der Waals surface area contributed by atoms with Crippen molar-refractivity contribution in [2.24, 2.45) is 12.8 Å². The zero-order valence-corrected chi connectivity index (χ0v) is 23.7. The second-order valence-electron chi connectivity index (χ2n) is 11.9. The Morgan fingerprint density at radius 3 is 2.48 bits per heavy atom. The van der Waals surface area contributed by atoms with Crippen LogP contribution in [0.1, 0.15) is 37.7 Å². The minimum atomic E-state index is -0.255. The number of likely N-dealkylation sites (tertiary alicyclic amines) is 1. The molecule has 40 heavy (non-hydrogen) atoms. The zero-order chi connectivity index (χ0) is 28.1. The monoisotopic (exact) mass is 534 g/mol. The van der Waals surface area contributed by atoms with Crippen molar-refractivity contribution in [2.45, 2.75) is 49.1 Å². The summed E-state index contributed by atoms with van der Waals surface area (Å²) in [5.74, 6) is 0. The van der Waals surface area contributed by atoms with E-state index in [2.05, 4.69) is 83.0 Å². The van der Waals surface area contributed by atoms with E-state index in [9.17, 15) is 5.26 Å². The van der Waals surface area contributed by atoms with Gasteiger partial charge in [-0.25, -0.2) is 4.98 Å². The average molecular weight is 535 g/mol. The highest BCUT2D eigenvalue weighted by molar-refractivity contribution is 6.06. The number of hydrogen-bond donors (Lipinski definition) is 2.